The highest BCUT2D eigenvalue weighted by molar-refractivity contribution is 5.76. The third kappa shape index (κ3) is 57.2. The Balaban J connectivity index is 3.45. The average Bonchev–Trinajstić information content (AvgIpc) is 3.37. The van der Waals surface area contributed by atoms with E-state index in [1.807, 2.05) is 6.08 Å². The van der Waals surface area contributed by atoms with Gasteiger partial charge in [0, 0.05) is 12.8 Å². The van der Waals surface area contributed by atoms with Gasteiger partial charge in [0.25, 0.3) is 0 Å². The first-order valence-corrected chi connectivity index (χ1v) is 31.8. The van der Waals surface area contributed by atoms with Crippen molar-refractivity contribution in [1.82, 2.24) is 5.32 Å². The molecule has 6 nitrogen and oxygen atoms in total. The van der Waals surface area contributed by atoms with Gasteiger partial charge in [-0.1, -0.05) is 301 Å². The zero-order valence-corrected chi connectivity index (χ0v) is 47.7. The normalized spacial score (nSPS) is 12.8. The number of hydrogen-bond donors (Lipinski definition) is 3. The van der Waals surface area contributed by atoms with Gasteiger partial charge >= 0.3 is 5.97 Å². The fraction of sp³-hybridized carbons (Fsp3) is 0.877. The van der Waals surface area contributed by atoms with Crippen LogP contribution in [-0.4, -0.2) is 47.4 Å². The summed E-state index contributed by atoms with van der Waals surface area (Å²) >= 11 is 0. The van der Waals surface area contributed by atoms with Gasteiger partial charge in [-0.15, -0.1) is 0 Å². The molecule has 0 aromatic carbocycles. The summed E-state index contributed by atoms with van der Waals surface area (Å²) in [6.45, 7) is 4.91. The third-order valence-electron chi connectivity index (χ3n) is 14.7. The fourth-order valence-electron chi connectivity index (χ4n) is 9.78. The molecule has 2 atom stereocenters. The largest absolute Gasteiger partial charge is 0.466 e. The molecular weight excluding hydrogens is 875 g/mol. The number of carbonyl (C=O) groups excluding carboxylic acids is 2. The topological polar surface area (TPSA) is 95.9 Å². The molecule has 0 fully saturated rings. The monoisotopic (exact) mass is 998 g/mol. The zero-order valence-electron chi connectivity index (χ0n) is 47.7. The van der Waals surface area contributed by atoms with Crippen molar-refractivity contribution >= 4 is 11.9 Å². The Bertz CT molecular complexity index is 1150. The molecule has 0 saturated carbocycles. The Morgan fingerprint density at radius 1 is 0.394 bits per heavy atom. The highest BCUT2D eigenvalue weighted by Gasteiger charge is 2.18. The first-order valence-electron chi connectivity index (χ1n) is 31.8. The number of aliphatic hydroxyl groups is 2. The van der Waals surface area contributed by atoms with Crippen LogP contribution in [0.1, 0.15) is 341 Å². The number of aliphatic hydroxyl groups excluding tert-OH is 2. The van der Waals surface area contributed by atoms with E-state index in [0.29, 0.717) is 19.4 Å². The quantitative estimate of drug-likeness (QED) is 0.0321. The number of esters is 1. The van der Waals surface area contributed by atoms with Gasteiger partial charge in [-0.05, 0) is 64.2 Å². The summed E-state index contributed by atoms with van der Waals surface area (Å²) in [6.07, 6.45) is 76.2. The van der Waals surface area contributed by atoms with Crippen molar-refractivity contribution in [2.75, 3.05) is 13.2 Å². The van der Waals surface area contributed by atoms with Crippen LogP contribution in [0.5, 0.6) is 0 Å². The molecule has 0 spiro atoms. The molecule has 0 aromatic rings. The van der Waals surface area contributed by atoms with Crippen LogP contribution in [0.2, 0.25) is 0 Å². The molecule has 6 heteroatoms. The van der Waals surface area contributed by atoms with E-state index in [1.165, 1.54) is 270 Å². The zero-order chi connectivity index (χ0) is 51.4. The lowest BCUT2D eigenvalue weighted by molar-refractivity contribution is -0.143. The fourth-order valence-corrected chi connectivity index (χ4v) is 9.78. The van der Waals surface area contributed by atoms with Crippen LogP contribution in [0.4, 0.5) is 0 Å². The number of amides is 1. The number of allylic oxidation sites excluding steroid dienone is 5. The van der Waals surface area contributed by atoms with Crippen molar-refractivity contribution in [3.8, 4) is 0 Å². The molecular formula is C65H123NO5. The summed E-state index contributed by atoms with van der Waals surface area (Å²) in [5, 5.41) is 23.1. The van der Waals surface area contributed by atoms with Gasteiger partial charge in [0.15, 0.2) is 0 Å². The molecule has 418 valence electrons. The maximum Gasteiger partial charge on any atom is 0.305 e. The summed E-state index contributed by atoms with van der Waals surface area (Å²) in [5.74, 6) is -0.0596. The molecule has 0 bridgehead atoms. The molecule has 0 aliphatic rings. The smallest absolute Gasteiger partial charge is 0.305 e. The first-order chi connectivity index (χ1) is 35.0. The highest BCUT2D eigenvalue weighted by Crippen LogP contribution is 2.17. The molecule has 0 aromatic heterocycles. The van der Waals surface area contributed by atoms with Gasteiger partial charge in [0.05, 0.1) is 25.4 Å². The van der Waals surface area contributed by atoms with Crippen molar-refractivity contribution in [2.45, 2.75) is 353 Å². The summed E-state index contributed by atoms with van der Waals surface area (Å²) in [4.78, 5) is 24.5. The number of ether oxygens (including phenoxy) is 1. The maximum atomic E-state index is 12.5. The summed E-state index contributed by atoms with van der Waals surface area (Å²) in [5.41, 5.74) is 0. The van der Waals surface area contributed by atoms with Crippen molar-refractivity contribution in [2.24, 2.45) is 0 Å². The summed E-state index contributed by atoms with van der Waals surface area (Å²) in [6, 6.07) is -0.630. The molecule has 0 radical (unpaired) electrons. The van der Waals surface area contributed by atoms with Crippen LogP contribution in [0.3, 0.4) is 0 Å². The van der Waals surface area contributed by atoms with Crippen molar-refractivity contribution in [3.05, 3.63) is 36.5 Å². The highest BCUT2D eigenvalue weighted by atomic mass is 16.5. The van der Waals surface area contributed by atoms with Crippen LogP contribution in [-0.2, 0) is 14.3 Å². The maximum absolute atomic E-state index is 12.5. The minimum absolute atomic E-state index is 0.00993. The Morgan fingerprint density at radius 2 is 0.704 bits per heavy atom. The van der Waals surface area contributed by atoms with E-state index in [2.05, 4.69) is 43.5 Å². The van der Waals surface area contributed by atoms with Gasteiger partial charge in [0.2, 0.25) is 5.91 Å². The third-order valence-corrected chi connectivity index (χ3v) is 14.7. The van der Waals surface area contributed by atoms with Gasteiger partial charge in [-0.25, -0.2) is 0 Å². The second-order valence-corrected chi connectivity index (χ2v) is 21.7. The van der Waals surface area contributed by atoms with E-state index >= 15 is 0 Å². The minimum Gasteiger partial charge on any atom is -0.466 e. The number of rotatable bonds is 59. The van der Waals surface area contributed by atoms with Gasteiger partial charge in [-0.3, -0.25) is 9.59 Å². The van der Waals surface area contributed by atoms with Crippen molar-refractivity contribution in [3.63, 3.8) is 0 Å². The lowest BCUT2D eigenvalue weighted by atomic mass is 10.0. The Kier molecular flexibility index (Phi) is 59.0. The van der Waals surface area contributed by atoms with Gasteiger partial charge in [0.1, 0.15) is 0 Å². The van der Waals surface area contributed by atoms with E-state index in [1.54, 1.807) is 6.08 Å². The lowest BCUT2D eigenvalue weighted by Crippen LogP contribution is -2.45. The number of unbranched alkanes of at least 4 members (excludes halogenated alkanes) is 44. The predicted molar refractivity (Wildman–Crippen MR) is 310 cm³/mol. The van der Waals surface area contributed by atoms with Crippen LogP contribution < -0.4 is 5.32 Å². The van der Waals surface area contributed by atoms with E-state index < -0.39 is 12.1 Å². The lowest BCUT2D eigenvalue weighted by Gasteiger charge is -2.20. The Labute approximate surface area is 443 Å². The van der Waals surface area contributed by atoms with Crippen LogP contribution >= 0.6 is 0 Å². The first kappa shape index (κ1) is 69.1. The summed E-state index contributed by atoms with van der Waals surface area (Å²) < 4.78 is 5.46. The standard InChI is InChI=1S/C65H123NO5/c1-3-5-7-9-11-13-15-16-17-31-34-38-41-45-49-53-57-63(68)62(61-67)66-64(69)58-54-50-46-42-39-35-32-29-27-25-23-21-19-18-20-22-24-26-28-30-33-36-40-44-48-52-56-60-71-65(70)59-55-51-47-43-37-14-12-10-8-6-4-2/h18-19,22,24,53,57,62-63,67-68H,3-17,20-21,23,25-52,54-56,58-61H2,1-2H3,(H,66,69)/b19-18-,24-22-,57-53+. The second kappa shape index (κ2) is 60.6. The molecule has 0 aliphatic heterocycles. The molecule has 0 saturated heterocycles. The SMILES string of the molecule is CCCCCCCCCCCCCCCC/C=C/C(O)C(CO)NC(=O)CCCCCCCCCCCCC/C=C\C/C=C\CCCCCCCCCCCOC(=O)CCCCCCCCCCCCC. The number of carbonyl (C=O) groups is 2. The molecule has 2 unspecified atom stereocenters. The number of hydrogen-bond acceptors (Lipinski definition) is 5. The van der Waals surface area contributed by atoms with Crippen molar-refractivity contribution in [1.29, 1.82) is 0 Å². The molecule has 0 heterocycles. The van der Waals surface area contributed by atoms with Gasteiger partial charge in [-0.2, -0.15) is 0 Å². The van der Waals surface area contributed by atoms with E-state index in [-0.39, 0.29) is 18.5 Å². The van der Waals surface area contributed by atoms with Gasteiger partial charge < -0.3 is 20.3 Å². The molecule has 71 heavy (non-hydrogen) atoms. The Hall–Kier alpha value is -1.92. The van der Waals surface area contributed by atoms with E-state index in [9.17, 15) is 19.8 Å². The average molecular weight is 999 g/mol. The van der Waals surface area contributed by atoms with Crippen LogP contribution in [0.15, 0.2) is 36.5 Å². The molecule has 1 amide bonds. The Morgan fingerprint density at radius 3 is 1.07 bits per heavy atom. The van der Waals surface area contributed by atoms with E-state index in [4.69, 9.17) is 4.74 Å². The number of nitrogens with one attached hydrogen (secondary N) is 1. The molecule has 0 aliphatic carbocycles. The second-order valence-electron chi connectivity index (χ2n) is 21.7. The molecule has 3 N–H and O–H groups in total. The van der Waals surface area contributed by atoms with Crippen LogP contribution in [0.25, 0.3) is 0 Å². The van der Waals surface area contributed by atoms with E-state index in [0.717, 1.165) is 44.9 Å². The predicted octanol–water partition coefficient (Wildman–Crippen LogP) is 20.0. The van der Waals surface area contributed by atoms with Crippen LogP contribution in [0, 0.1) is 0 Å². The minimum atomic E-state index is -0.847. The summed E-state index contributed by atoms with van der Waals surface area (Å²) in [7, 11) is 0. The molecule has 0 rings (SSSR count). The van der Waals surface area contributed by atoms with Crippen molar-refractivity contribution < 1.29 is 24.5 Å².